The zero-order chi connectivity index (χ0) is 13.8. The first-order valence-corrected chi connectivity index (χ1v) is 7.56. The van der Waals surface area contributed by atoms with Crippen molar-refractivity contribution < 1.29 is 17.2 Å². The lowest BCUT2D eigenvalue weighted by atomic mass is 10.2. The Kier molecular flexibility index (Phi) is 5.34. The zero-order valence-electron chi connectivity index (χ0n) is 9.84. The largest absolute Gasteiger partial charge is 0.280 e. The molecule has 1 N–H and O–H groups in total. The molecule has 0 atom stereocenters. The summed E-state index contributed by atoms with van der Waals surface area (Å²) in [5.41, 5.74) is -0.249. The van der Waals surface area contributed by atoms with Crippen LogP contribution >= 0.6 is 11.6 Å². The number of anilines is 1. The predicted octanol–water partition coefficient (Wildman–Crippen LogP) is 3.03. The van der Waals surface area contributed by atoms with Crippen molar-refractivity contribution in [2.24, 2.45) is 0 Å². The molecule has 0 aliphatic heterocycles. The number of alkyl halides is 1. The SMILES string of the molecule is Cc1cc(F)c(NS(=O)(=O)CCCCCl)cc1F. The summed E-state index contributed by atoms with van der Waals surface area (Å²) in [6.07, 6.45) is 0.919. The van der Waals surface area contributed by atoms with E-state index in [1.54, 1.807) is 0 Å². The molecule has 0 saturated heterocycles. The summed E-state index contributed by atoms with van der Waals surface area (Å²) < 4.78 is 51.8. The number of unbranched alkanes of at least 4 members (excludes halogenated alkanes) is 1. The summed E-state index contributed by atoms with van der Waals surface area (Å²) in [5, 5.41) is 0. The van der Waals surface area contributed by atoms with Crippen molar-refractivity contribution in [3.8, 4) is 0 Å². The molecule has 0 aromatic heterocycles. The lowest BCUT2D eigenvalue weighted by Crippen LogP contribution is -2.18. The molecule has 0 unspecified atom stereocenters. The number of hydrogen-bond donors (Lipinski definition) is 1. The van der Waals surface area contributed by atoms with Gasteiger partial charge in [0.2, 0.25) is 10.0 Å². The maximum absolute atomic E-state index is 13.4. The average molecular weight is 298 g/mol. The number of benzene rings is 1. The van der Waals surface area contributed by atoms with Gasteiger partial charge in [-0.15, -0.1) is 11.6 Å². The van der Waals surface area contributed by atoms with Gasteiger partial charge < -0.3 is 0 Å². The molecule has 0 bridgehead atoms. The summed E-state index contributed by atoms with van der Waals surface area (Å²) >= 11 is 5.43. The molecule has 0 spiro atoms. The van der Waals surface area contributed by atoms with Crippen LogP contribution in [-0.4, -0.2) is 20.1 Å². The van der Waals surface area contributed by atoms with Crippen LogP contribution in [-0.2, 0) is 10.0 Å². The van der Waals surface area contributed by atoms with Gasteiger partial charge >= 0.3 is 0 Å². The van der Waals surface area contributed by atoms with Crippen LogP contribution in [0.15, 0.2) is 12.1 Å². The van der Waals surface area contributed by atoms with Crippen LogP contribution < -0.4 is 4.72 Å². The molecule has 7 heteroatoms. The van der Waals surface area contributed by atoms with Crippen LogP contribution in [0.2, 0.25) is 0 Å². The fourth-order valence-corrected chi connectivity index (χ4v) is 2.70. The first-order valence-electron chi connectivity index (χ1n) is 5.38. The van der Waals surface area contributed by atoms with Gasteiger partial charge in [0.1, 0.15) is 11.6 Å². The van der Waals surface area contributed by atoms with E-state index in [4.69, 9.17) is 11.6 Å². The molecule has 0 fully saturated rings. The lowest BCUT2D eigenvalue weighted by molar-refractivity contribution is 0.589. The summed E-state index contributed by atoms with van der Waals surface area (Å²) in [6.45, 7) is 1.40. The Balaban J connectivity index is 2.81. The Morgan fingerprint density at radius 3 is 2.50 bits per heavy atom. The molecule has 0 saturated carbocycles. The summed E-state index contributed by atoms with van der Waals surface area (Å²) in [7, 11) is -3.67. The van der Waals surface area contributed by atoms with E-state index >= 15 is 0 Å². The average Bonchev–Trinajstić information content (AvgIpc) is 2.26. The number of halogens is 3. The van der Waals surface area contributed by atoms with Gasteiger partial charge in [-0.1, -0.05) is 0 Å². The van der Waals surface area contributed by atoms with E-state index in [0.717, 1.165) is 12.1 Å². The molecule has 0 aliphatic rings. The molecule has 0 aliphatic carbocycles. The third-order valence-corrected chi connectivity index (χ3v) is 3.93. The van der Waals surface area contributed by atoms with Gasteiger partial charge in [-0.3, -0.25) is 4.72 Å². The topological polar surface area (TPSA) is 46.2 Å². The van der Waals surface area contributed by atoms with Crippen LogP contribution in [0, 0.1) is 18.6 Å². The molecular formula is C11H14ClF2NO2S. The highest BCUT2D eigenvalue weighted by atomic mass is 35.5. The number of sulfonamides is 1. The molecule has 1 aromatic carbocycles. The minimum Gasteiger partial charge on any atom is -0.280 e. The summed E-state index contributed by atoms with van der Waals surface area (Å²) in [4.78, 5) is 0. The zero-order valence-corrected chi connectivity index (χ0v) is 11.4. The van der Waals surface area contributed by atoms with E-state index in [0.29, 0.717) is 18.7 Å². The summed E-state index contributed by atoms with van der Waals surface area (Å²) in [6, 6.07) is 1.79. The Morgan fingerprint density at radius 1 is 1.22 bits per heavy atom. The number of aryl methyl sites for hydroxylation is 1. The minimum absolute atomic E-state index is 0.123. The van der Waals surface area contributed by atoms with Crippen molar-refractivity contribution in [1.82, 2.24) is 0 Å². The van der Waals surface area contributed by atoms with Crippen molar-refractivity contribution in [2.75, 3.05) is 16.4 Å². The number of rotatable bonds is 6. The highest BCUT2D eigenvalue weighted by Crippen LogP contribution is 2.20. The smallest absolute Gasteiger partial charge is 0.232 e. The van der Waals surface area contributed by atoms with E-state index in [-0.39, 0.29) is 17.0 Å². The Morgan fingerprint density at radius 2 is 1.89 bits per heavy atom. The monoisotopic (exact) mass is 297 g/mol. The Hall–Kier alpha value is -0.880. The fraction of sp³-hybridized carbons (Fsp3) is 0.455. The quantitative estimate of drug-likeness (QED) is 0.648. The van der Waals surface area contributed by atoms with Crippen LogP contribution in [0.4, 0.5) is 14.5 Å². The number of nitrogens with one attached hydrogen (secondary N) is 1. The van der Waals surface area contributed by atoms with E-state index in [2.05, 4.69) is 0 Å². The maximum Gasteiger partial charge on any atom is 0.232 e. The highest BCUT2D eigenvalue weighted by molar-refractivity contribution is 7.92. The second-order valence-electron chi connectivity index (χ2n) is 3.90. The van der Waals surface area contributed by atoms with Gasteiger partial charge in [0, 0.05) is 11.9 Å². The van der Waals surface area contributed by atoms with Crippen molar-refractivity contribution in [1.29, 1.82) is 0 Å². The van der Waals surface area contributed by atoms with E-state index in [9.17, 15) is 17.2 Å². The van der Waals surface area contributed by atoms with Gasteiger partial charge in [-0.05, 0) is 31.4 Å². The first kappa shape index (κ1) is 15.2. The molecule has 1 rings (SSSR count). The van der Waals surface area contributed by atoms with Gasteiger partial charge in [-0.2, -0.15) is 0 Å². The molecular weight excluding hydrogens is 284 g/mol. The van der Waals surface area contributed by atoms with Gasteiger partial charge in [0.15, 0.2) is 0 Å². The lowest BCUT2D eigenvalue weighted by Gasteiger charge is -2.09. The molecule has 18 heavy (non-hydrogen) atoms. The van der Waals surface area contributed by atoms with Crippen molar-refractivity contribution in [3.05, 3.63) is 29.3 Å². The standard InChI is InChI=1S/C11H14ClF2NO2S/c1-8-6-10(14)11(7-9(8)13)15-18(16,17)5-3-2-4-12/h6-7,15H,2-5H2,1H3. The minimum atomic E-state index is -3.67. The molecule has 0 radical (unpaired) electrons. The molecule has 0 amide bonds. The normalized spacial score (nSPS) is 11.6. The molecule has 1 aromatic rings. The van der Waals surface area contributed by atoms with Crippen molar-refractivity contribution in [2.45, 2.75) is 19.8 Å². The third-order valence-electron chi connectivity index (χ3n) is 2.31. The third kappa shape index (κ3) is 4.42. The maximum atomic E-state index is 13.4. The second kappa shape index (κ2) is 6.33. The van der Waals surface area contributed by atoms with E-state index in [1.807, 2.05) is 4.72 Å². The molecule has 3 nitrogen and oxygen atoms in total. The van der Waals surface area contributed by atoms with Crippen LogP contribution in [0.5, 0.6) is 0 Å². The van der Waals surface area contributed by atoms with Crippen LogP contribution in [0.1, 0.15) is 18.4 Å². The Labute approximate surface area is 110 Å². The van der Waals surface area contributed by atoms with E-state index in [1.165, 1.54) is 6.92 Å². The van der Waals surface area contributed by atoms with Gasteiger partial charge in [0.05, 0.1) is 11.4 Å². The Bertz CT molecular complexity index is 520. The van der Waals surface area contributed by atoms with E-state index < -0.39 is 21.7 Å². The fourth-order valence-electron chi connectivity index (χ4n) is 1.33. The molecule has 0 heterocycles. The van der Waals surface area contributed by atoms with Gasteiger partial charge in [0.25, 0.3) is 0 Å². The van der Waals surface area contributed by atoms with Gasteiger partial charge in [-0.25, -0.2) is 17.2 Å². The number of hydrogen-bond acceptors (Lipinski definition) is 2. The van der Waals surface area contributed by atoms with Crippen LogP contribution in [0.25, 0.3) is 0 Å². The predicted molar refractivity (Wildman–Crippen MR) is 68.5 cm³/mol. The molecule has 102 valence electrons. The van der Waals surface area contributed by atoms with Crippen LogP contribution in [0.3, 0.4) is 0 Å². The highest BCUT2D eigenvalue weighted by Gasteiger charge is 2.14. The second-order valence-corrected chi connectivity index (χ2v) is 6.12. The summed E-state index contributed by atoms with van der Waals surface area (Å²) in [5.74, 6) is -1.26. The first-order chi connectivity index (χ1) is 8.35. The van der Waals surface area contributed by atoms with Crippen molar-refractivity contribution >= 4 is 27.3 Å². The van der Waals surface area contributed by atoms with Crippen molar-refractivity contribution in [3.63, 3.8) is 0 Å².